The Hall–Kier alpha value is -1.07. The van der Waals surface area contributed by atoms with Crippen LogP contribution in [0, 0.1) is 5.92 Å². The van der Waals surface area contributed by atoms with E-state index in [2.05, 4.69) is 11.9 Å². The van der Waals surface area contributed by atoms with Gasteiger partial charge in [-0.1, -0.05) is 6.08 Å². The number of carboxylic acid groups (broad SMARTS) is 1. The number of aliphatic hydroxyl groups excluding tert-OH is 2. The molecule has 0 aliphatic rings. The van der Waals surface area contributed by atoms with E-state index in [9.17, 15) is 4.79 Å². The normalized spacial score (nSPS) is 14.4. The Bertz CT molecular complexity index is 184. The molecule has 5 heteroatoms. The van der Waals surface area contributed by atoms with Crippen LogP contribution in [0.1, 0.15) is 12.8 Å². The van der Waals surface area contributed by atoms with Crippen LogP contribution >= 0.6 is 0 Å². The molecule has 5 nitrogen and oxygen atoms in total. The molecule has 0 spiro atoms. The number of hydrogen-bond donors (Lipinski definition) is 4. The van der Waals surface area contributed by atoms with Gasteiger partial charge in [0.2, 0.25) is 0 Å². The molecule has 82 valence electrons. The lowest BCUT2D eigenvalue weighted by Gasteiger charge is -2.19. The Morgan fingerprint density at radius 1 is 1.43 bits per heavy atom. The Morgan fingerprint density at radius 3 is 2.43 bits per heavy atom. The molecule has 0 aliphatic heterocycles. The van der Waals surface area contributed by atoms with Crippen molar-refractivity contribution in [1.82, 2.24) is 5.32 Å². The Labute approximate surface area is 83.1 Å². The van der Waals surface area contributed by atoms with Crippen LogP contribution in [0.25, 0.3) is 0 Å². The molecule has 4 N–H and O–H groups in total. The summed E-state index contributed by atoms with van der Waals surface area (Å²) in [5, 5.41) is 28.4. The van der Waals surface area contributed by atoms with Crippen LogP contribution in [-0.2, 0) is 0 Å². The van der Waals surface area contributed by atoms with E-state index in [-0.39, 0.29) is 19.1 Å². The first kappa shape index (κ1) is 12.9. The molecule has 0 unspecified atom stereocenters. The maximum atomic E-state index is 10.3. The smallest absolute Gasteiger partial charge is 0.404 e. The molecular formula is C9H17NO4. The molecule has 0 bridgehead atoms. The van der Waals surface area contributed by atoms with Gasteiger partial charge in [-0.25, -0.2) is 4.79 Å². The highest BCUT2D eigenvalue weighted by molar-refractivity contribution is 5.64. The predicted molar refractivity (Wildman–Crippen MR) is 52.0 cm³/mol. The predicted octanol–water partition coefficient (Wildman–Crippen LogP) is 0.190. The molecule has 0 saturated heterocycles. The highest BCUT2D eigenvalue weighted by Crippen LogP contribution is 2.11. The first-order valence-corrected chi connectivity index (χ1v) is 4.46. The molecule has 0 rings (SSSR count). The van der Waals surface area contributed by atoms with Crippen molar-refractivity contribution < 1.29 is 20.1 Å². The van der Waals surface area contributed by atoms with Crippen molar-refractivity contribution in [1.29, 1.82) is 0 Å². The third kappa shape index (κ3) is 5.55. The molecule has 14 heavy (non-hydrogen) atoms. The summed E-state index contributed by atoms with van der Waals surface area (Å²) in [5.74, 6) is -0.0588. The molecule has 0 saturated carbocycles. The minimum absolute atomic E-state index is 0.0379. The van der Waals surface area contributed by atoms with Gasteiger partial charge in [-0.15, -0.1) is 6.58 Å². The van der Waals surface area contributed by atoms with E-state index in [1.807, 2.05) is 0 Å². The van der Waals surface area contributed by atoms with Crippen molar-refractivity contribution in [2.24, 2.45) is 5.92 Å². The zero-order valence-electron chi connectivity index (χ0n) is 8.02. The van der Waals surface area contributed by atoms with Crippen LogP contribution in [0.2, 0.25) is 0 Å². The van der Waals surface area contributed by atoms with Crippen LogP contribution in [0.15, 0.2) is 12.7 Å². The minimum Gasteiger partial charge on any atom is -0.465 e. The van der Waals surface area contributed by atoms with Crippen molar-refractivity contribution in [3.8, 4) is 0 Å². The zero-order valence-corrected chi connectivity index (χ0v) is 8.02. The van der Waals surface area contributed by atoms with Gasteiger partial charge in [0.25, 0.3) is 0 Å². The molecular weight excluding hydrogens is 186 g/mol. The number of allylic oxidation sites excluding steroid dienone is 1. The van der Waals surface area contributed by atoms with E-state index < -0.39 is 12.1 Å². The molecule has 0 aromatic rings. The van der Waals surface area contributed by atoms with E-state index >= 15 is 0 Å². The Kier molecular flexibility index (Phi) is 6.78. The molecule has 0 radical (unpaired) electrons. The quantitative estimate of drug-likeness (QED) is 0.445. The van der Waals surface area contributed by atoms with Crippen molar-refractivity contribution in [3.63, 3.8) is 0 Å². The summed E-state index contributed by atoms with van der Waals surface area (Å²) < 4.78 is 0. The van der Waals surface area contributed by atoms with Gasteiger partial charge in [0, 0.05) is 6.61 Å². The largest absolute Gasteiger partial charge is 0.465 e. The monoisotopic (exact) mass is 203 g/mol. The molecule has 0 aromatic heterocycles. The lowest BCUT2D eigenvalue weighted by molar-refractivity contribution is 0.156. The number of aliphatic hydroxyl groups is 2. The number of amides is 1. The van der Waals surface area contributed by atoms with E-state index in [1.165, 1.54) is 0 Å². The van der Waals surface area contributed by atoms with Gasteiger partial charge in [-0.2, -0.15) is 0 Å². The average Bonchev–Trinajstić information content (AvgIpc) is 2.15. The molecule has 2 atom stereocenters. The topological polar surface area (TPSA) is 89.8 Å². The molecule has 1 amide bonds. The molecule has 0 heterocycles. The maximum absolute atomic E-state index is 10.3. The van der Waals surface area contributed by atoms with E-state index in [0.717, 1.165) is 0 Å². The van der Waals surface area contributed by atoms with Gasteiger partial charge in [-0.3, -0.25) is 0 Å². The zero-order chi connectivity index (χ0) is 11.0. The summed E-state index contributed by atoms with van der Waals surface area (Å²) >= 11 is 0. The third-order valence-corrected chi connectivity index (χ3v) is 1.92. The standard InChI is InChI=1S/C9H17NO4/c1-2-3-7(5-11)4-8(6-12)10-9(13)14/h2,7-8,10-12H,1,3-6H2,(H,13,14)/t7-,8+/m1/s1. The van der Waals surface area contributed by atoms with Crippen molar-refractivity contribution in [2.75, 3.05) is 13.2 Å². The van der Waals surface area contributed by atoms with E-state index in [4.69, 9.17) is 15.3 Å². The second-order valence-electron chi connectivity index (χ2n) is 3.14. The summed E-state index contributed by atoms with van der Waals surface area (Å²) in [4.78, 5) is 10.3. The lowest BCUT2D eigenvalue weighted by Crippen LogP contribution is -2.38. The van der Waals surface area contributed by atoms with Crippen LogP contribution in [0.3, 0.4) is 0 Å². The average molecular weight is 203 g/mol. The molecule has 0 aromatic carbocycles. The third-order valence-electron chi connectivity index (χ3n) is 1.92. The van der Waals surface area contributed by atoms with Gasteiger partial charge < -0.3 is 20.6 Å². The fraction of sp³-hybridized carbons (Fsp3) is 0.667. The highest BCUT2D eigenvalue weighted by Gasteiger charge is 2.15. The Morgan fingerprint density at radius 2 is 2.07 bits per heavy atom. The Balaban J connectivity index is 3.99. The van der Waals surface area contributed by atoms with Crippen molar-refractivity contribution in [2.45, 2.75) is 18.9 Å². The van der Waals surface area contributed by atoms with Crippen LogP contribution in [0.4, 0.5) is 4.79 Å². The number of nitrogens with one attached hydrogen (secondary N) is 1. The molecule has 0 aliphatic carbocycles. The molecule has 0 fully saturated rings. The fourth-order valence-corrected chi connectivity index (χ4v) is 1.24. The van der Waals surface area contributed by atoms with Gasteiger partial charge in [0.15, 0.2) is 0 Å². The fourth-order valence-electron chi connectivity index (χ4n) is 1.24. The second kappa shape index (κ2) is 7.34. The van der Waals surface area contributed by atoms with Gasteiger partial charge in [-0.05, 0) is 18.8 Å². The van der Waals surface area contributed by atoms with Crippen molar-refractivity contribution in [3.05, 3.63) is 12.7 Å². The first-order chi connectivity index (χ1) is 6.63. The van der Waals surface area contributed by atoms with Gasteiger partial charge in [0.05, 0.1) is 12.6 Å². The lowest BCUT2D eigenvalue weighted by atomic mass is 9.98. The summed E-state index contributed by atoms with van der Waals surface area (Å²) in [7, 11) is 0. The second-order valence-corrected chi connectivity index (χ2v) is 3.14. The number of rotatable bonds is 7. The van der Waals surface area contributed by atoms with Crippen LogP contribution in [0.5, 0.6) is 0 Å². The SMILES string of the molecule is C=CC[C@@H](CO)C[C@@H](CO)NC(=O)O. The number of hydrogen-bond acceptors (Lipinski definition) is 3. The minimum atomic E-state index is -1.17. The summed E-state index contributed by atoms with van der Waals surface area (Å²) in [6, 6.07) is -0.524. The van der Waals surface area contributed by atoms with E-state index in [0.29, 0.717) is 12.8 Å². The number of carbonyl (C=O) groups is 1. The summed E-state index contributed by atoms with van der Waals surface area (Å²) in [6.45, 7) is 3.23. The van der Waals surface area contributed by atoms with Crippen molar-refractivity contribution >= 4 is 6.09 Å². The highest BCUT2D eigenvalue weighted by atomic mass is 16.4. The summed E-state index contributed by atoms with van der Waals surface area (Å²) in [6.07, 6.45) is 1.51. The maximum Gasteiger partial charge on any atom is 0.404 e. The van der Waals surface area contributed by atoms with Gasteiger partial charge >= 0.3 is 6.09 Å². The van der Waals surface area contributed by atoms with Gasteiger partial charge in [0.1, 0.15) is 0 Å². The van der Waals surface area contributed by atoms with E-state index in [1.54, 1.807) is 6.08 Å². The summed E-state index contributed by atoms with van der Waals surface area (Å²) in [5.41, 5.74) is 0. The van der Waals surface area contributed by atoms with Crippen LogP contribution in [-0.4, -0.2) is 40.7 Å². The van der Waals surface area contributed by atoms with Crippen LogP contribution < -0.4 is 5.32 Å². The first-order valence-electron chi connectivity index (χ1n) is 4.46.